The predicted molar refractivity (Wildman–Crippen MR) is 43.1 cm³/mol. The van der Waals surface area contributed by atoms with E-state index in [2.05, 4.69) is 21.4 Å². The van der Waals surface area contributed by atoms with Crippen molar-refractivity contribution in [2.75, 3.05) is 6.54 Å². The van der Waals surface area contributed by atoms with E-state index in [-0.39, 0.29) is 13.0 Å². The standard InChI is InChI=1S/C4H9N7O2/c5-4(8-10-6)11(7)2-1-3(12)9-13/h1-2,7H2,(H3,5,6,8). The fourth-order valence-corrected chi connectivity index (χ4v) is 0.480. The highest BCUT2D eigenvalue weighted by Crippen LogP contribution is 1.90. The Morgan fingerprint density at radius 2 is 2.15 bits per heavy atom. The zero-order valence-corrected chi connectivity index (χ0v) is 6.67. The van der Waals surface area contributed by atoms with Gasteiger partial charge in [-0.05, 0) is 0 Å². The lowest BCUT2D eigenvalue weighted by molar-refractivity contribution is -0.118. The summed E-state index contributed by atoms with van der Waals surface area (Å²) in [6.45, 7) is -0.0393. The molecule has 0 aliphatic rings. The molecule has 0 radical (unpaired) electrons. The van der Waals surface area contributed by atoms with E-state index in [1.165, 1.54) is 0 Å². The topological polar surface area (TPSA) is 150 Å². The van der Waals surface area contributed by atoms with Gasteiger partial charge in [-0.15, -0.1) is 4.91 Å². The third-order valence-electron chi connectivity index (χ3n) is 1.09. The second-order valence-electron chi connectivity index (χ2n) is 1.97. The lowest BCUT2D eigenvalue weighted by atomic mass is 10.4. The van der Waals surface area contributed by atoms with E-state index < -0.39 is 11.9 Å². The van der Waals surface area contributed by atoms with Gasteiger partial charge in [0.05, 0.1) is 6.42 Å². The van der Waals surface area contributed by atoms with Gasteiger partial charge in [0.25, 0.3) is 11.9 Å². The third kappa shape index (κ3) is 4.53. The molecule has 0 rings (SSSR count). The van der Waals surface area contributed by atoms with Crippen LogP contribution in [-0.2, 0) is 4.79 Å². The highest BCUT2D eigenvalue weighted by Gasteiger charge is 2.07. The second-order valence-corrected chi connectivity index (χ2v) is 1.97. The summed E-state index contributed by atoms with van der Waals surface area (Å²) in [4.78, 5) is 20.0. The van der Waals surface area contributed by atoms with E-state index in [1.807, 2.05) is 0 Å². The summed E-state index contributed by atoms with van der Waals surface area (Å²) in [5, 5.41) is 15.9. The van der Waals surface area contributed by atoms with Crippen molar-refractivity contribution in [3.63, 3.8) is 0 Å². The van der Waals surface area contributed by atoms with Crippen molar-refractivity contribution in [3.05, 3.63) is 4.91 Å². The number of nitrogens with zero attached hydrogens (tertiary/aromatic N) is 4. The van der Waals surface area contributed by atoms with Gasteiger partial charge in [0.15, 0.2) is 0 Å². The highest BCUT2D eigenvalue weighted by molar-refractivity contribution is 5.79. The number of nitroso groups, excluding NO2 is 1. The quantitative estimate of drug-likeness (QED) is 0.131. The smallest absolute Gasteiger partial charge is 0.288 e. The van der Waals surface area contributed by atoms with Gasteiger partial charge < -0.3 is 5.84 Å². The van der Waals surface area contributed by atoms with Crippen molar-refractivity contribution in [2.45, 2.75) is 6.42 Å². The number of amides is 1. The number of nitrogens with two attached hydrogens (primary N) is 2. The molecule has 0 bridgehead atoms. The van der Waals surface area contributed by atoms with Gasteiger partial charge in [-0.25, -0.2) is 5.84 Å². The average molecular weight is 187 g/mol. The molecular weight excluding hydrogens is 178 g/mol. The van der Waals surface area contributed by atoms with E-state index in [4.69, 9.17) is 11.3 Å². The molecule has 0 aliphatic carbocycles. The fraction of sp³-hybridized carbons (Fsp3) is 0.500. The molecule has 0 saturated heterocycles. The SMILES string of the molecule is N=C(N=NN)N(N)CCC(=O)N=O. The first-order valence-corrected chi connectivity index (χ1v) is 3.19. The van der Waals surface area contributed by atoms with Gasteiger partial charge >= 0.3 is 0 Å². The van der Waals surface area contributed by atoms with Crippen LogP contribution in [0.1, 0.15) is 6.42 Å². The van der Waals surface area contributed by atoms with E-state index in [9.17, 15) is 9.70 Å². The predicted octanol–water partition coefficient (Wildman–Crippen LogP) is -0.894. The molecule has 0 aliphatic heterocycles. The monoisotopic (exact) mass is 187 g/mol. The van der Waals surface area contributed by atoms with Crippen LogP contribution >= 0.6 is 0 Å². The number of nitrogens with one attached hydrogen (secondary N) is 1. The zero-order chi connectivity index (χ0) is 10.3. The van der Waals surface area contributed by atoms with Crippen LogP contribution in [0.25, 0.3) is 0 Å². The molecule has 0 heterocycles. The summed E-state index contributed by atoms with van der Waals surface area (Å²) in [6.07, 6.45) is -0.178. The van der Waals surface area contributed by atoms with E-state index >= 15 is 0 Å². The van der Waals surface area contributed by atoms with Crippen molar-refractivity contribution in [3.8, 4) is 0 Å². The number of rotatable bonds is 3. The molecule has 0 unspecified atom stereocenters. The largest absolute Gasteiger partial charge is 0.304 e. The van der Waals surface area contributed by atoms with Gasteiger partial charge in [-0.2, -0.15) is 0 Å². The number of hydrogen-bond donors (Lipinski definition) is 3. The third-order valence-corrected chi connectivity index (χ3v) is 1.09. The summed E-state index contributed by atoms with van der Waals surface area (Å²) in [7, 11) is 0. The van der Waals surface area contributed by atoms with Crippen LogP contribution in [0.5, 0.6) is 0 Å². The number of hydrazine groups is 1. The van der Waals surface area contributed by atoms with Crippen molar-refractivity contribution < 1.29 is 4.79 Å². The Hall–Kier alpha value is -1.90. The van der Waals surface area contributed by atoms with Crippen LogP contribution < -0.4 is 11.7 Å². The molecule has 72 valence electrons. The van der Waals surface area contributed by atoms with Gasteiger partial charge in [-0.1, -0.05) is 10.3 Å². The zero-order valence-electron chi connectivity index (χ0n) is 6.67. The fourth-order valence-electron chi connectivity index (χ4n) is 0.480. The van der Waals surface area contributed by atoms with Crippen LogP contribution in [0.15, 0.2) is 15.5 Å². The normalized spacial score (nSPS) is 9.92. The maximum absolute atomic E-state index is 10.4. The van der Waals surface area contributed by atoms with Crippen molar-refractivity contribution in [2.24, 2.45) is 27.2 Å². The maximum Gasteiger partial charge on any atom is 0.288 e. The molecule has 0 spiro atoms. The van der Waals surface area contributed by atoms with Gasteiger partial charge in [-0.3, -0.25) is 15.2 Å². The molecule has 0 saturated carbocycles. The Bertz CT molecular complexity index is 237. The molecule has 0 aromatic rings. The van der Waals surface area contributed by atoms with E-state index in [0.717, 1.165) is 5.01 Å². The highest BCUT2D eigenvalue weighted by atomic mass is 16.3. The van der Waals surface area contributed by atoms with E-state index in [1.54, 1.807) is 0 Å². The second kappa shape index (κ2) is 5.71. The molecule has 1 amide bonds. The van der Waals surface area contributed by atoms with Crippen LogP contribution in [-0.4, -0.2) is 23.4 Å². The van der Waals surface area contributed by atoms with Gasteiger partial charge in [0, 0.05) is 11.7 Å². The van der Waals surface area contributed by atoms with Crippen LogP contribution in [0.2, 0.25) is 0 Å². The first-order valence-electron chi connectivity index (χ1n) is 3.19. The molecule has 5 N–H and O–H groups in total. The molecule has 9 heteroatoms. The van der Waals surface area contributed by atoms with Crippen LogP contribution in [0.4, 0.5) is 0 Å². The number of hydrogen-bond acceptors (Lipinski definition) is 5. The van der Waals surface area contributed by atoms with Crippen molar-refractivity contribution in [1.29, 1.82) is 5.41 Å². The summed E-state index contributed by atoms with van der Waals surface area (Å²) in [5.74, 6) is 8.62. The van der Waals surface area contributed by atoms with Gasteiger partial charge in [0.2, 0.25) is 0 Å². The maximum atomic E-state index is 10.4. The summed E-state index contributed by atoms with van der Waals surface area (Å²) >= 11 is 0. The minimum atomic E-state index is -0.840. The number of carbonyl (C=O) groups is 1. The minimum Gasteiger partial charge on any atom is -0.304 e. The molecule has 13 heavy (non-hydrogen) atoms. The minimum absolute atomic E-state index is 0.0393. The summed E-state index contributed by atoms with van der Waals surface area (Å²) in [6, 6.07) is 0. The molecular formula is C4H9N7O2. The average Bonchev–Trinajstić information content (AvgIpc) is 2.13. The van der Waals surface area contributed by atoms with Crippen molar-refractivity contribution >= 4 is 11.9 Å². The number of carbonyl (C=O) groups excluding carboxylic acids is 1. The lowest BCUT2D eigenvalue weighted by Crippen LogP contribution is -2.37. The first kappa shape index (κ1) is 11.1. The van der Waals surface area contributed by atoms with Gasteiger partial charge in [0.1, 0.15) is 0 Å². The molecule has 0 aromatic carbocycles. The Labute approximate surface area is 73.2 Å². The summed E-state index contributed by atoms with van der Waals surface area (Å²) in [5.41, 5.74) is 0. The van der Waals surface area contributed by atoms with Crippen LogP contribution in [0.3, 0.4) is 0 Å². The number of guanidine groups is 1. The Morgan fingerprint density at radius 3 is 2.62 bits per heavy atom. The Balaban J connectivity index is 3.86. The summed E-state index contributed by atoms with van der Waals surface area (Å²) < 4.78 is 0. The molecule has 0 aromatic heterocycles. The van der Waals surface area contributed by atoms with E-state index in [0.29, 0.717) is 0 Å². The lowest BCUT2D eigenvalue weighted by Gasteiger charge is -2.12. The van der Waals surface area contributed by atoms with Crippen LogP contribution in [0, 0.1) is 10.3 Å². The Kier molecular flexibility index (Phi) is 4.88. The van der Waals surface area contributed by atoms with Crippen molar-refractivity contribution in [1.82, 2.24) is 5.01 Å². The molecule has 9 nitrogen and oxygen atoms in total. The molecule has 0 atom stereocenters. The Morgan fingerprint density at radius 1 is 1.54 bits per heavy atom. The molecule has 0 fully saturated rings. The first-order chi connectivity index (χ1) is 6.11.